The molecule has 4 aromatic rings. The van der Waals surface area contributed by atoms with E-state index in [4.69, 9.17) is 14.5 Å². The van der Waals surface area contributed by atoms with Crippen molar-refractivity contribution in [2.45, 2.75) is 19.9 Å². The number of aromatic nitrogens is 2. The van der Waals surface area contributed by atoms with Crippen LogP contribution in [-0.4, -0.2) is 35.7 Å². The molecule has 1 amide bonds. The molecule has 0 radical (unpaired) electrons. The number of methoxy groups -OCH3 is 1. The summed E-state index contributed by atoms with van der Waals surface area (Å²) >= 11 is 0. The predicted molar refractivity (Wildman–Crippen MR) is 125 cm³/mol. The van der Waals surface area contributed by atoms with Crippen molar-refractivity contribution in [3.8, 4) is 11.5 Å². The molecule has 0 aliphatic carbocycles. The summed E-state index contributed by atoms with van der Waals surface area (Å²) in [6.45, 7) is 3.73. The van der Waals surface area contributed by atoms with Gasteiger partial charge in [0.2, 0.25) is 0 Å². The van der Waals surface area contributed by atoms with Crippen LogP contribution in [0, 0.1) is 6.92 Å². The third-order valence-electron chi connectivity index (χ3n) is 5.37. The van der Waals surface area contributed by atoms with E-state index in [9.17, 15) is 4.79 Å². The largest absolute Gasteiger partial charge is 0.497 e. The number of carbonyl (C=O) groups excluding carboxylic acids is 1. The van der Waals surface area contributed by atoms with Crippen LogP contribution in [0.25, 0.3) is 11.0 Å². The highest BCUT2D eigenvalue weighted by atomic mass is 16.5. The number of ether oxygens (including phenoxy) is 2. The number of amides is 1. The fourth-order valence-corrected chi connectivity index (χ4v) is 3.69. The highest BCUT2D eigenvalue weighted by molar-refractivity contribution is 5.94. The molecule has 0 atom stereocenters. The van der Waals surface area contributed by atoms with E-state index in [1.807, 2.05) is 61.5 Å². The minimum absolute atomic E-state index is 0.130. The lowest BCUT2D eigenvalue weighted by atomic mass is 10.2. The Kier molecular flexibility index (Phi) is 6.70. The zero-order chi connectivity index (χ0) is 22.3. The molecule has 0 bridgehead atoms. The van der Waals surface area contributed by atoms with Gasteiger partial charge in [0.15, 0.2) is 0 Å². The zero-order valence-corrected chi connectivity index (χ0v) is 18.4. The second kappa shape index (κ2) is 10.0. The number of rotatable bonds is 9. The minimum atomic E-state index is -0.130. The molecule has 32 heavy (non-hydrogen) atoms. The van der Waals surface area contributed by atoms with Crippen LogP contribution in [0.4, 0.5) is 0 Å². The standard InChI is InChI=1S/C26H27N3O3/c1-19-8-3-6-13-24(19)32-17-16-29-23-12-5-4-11-22(23)28-25(29)14-15-27-26(30)20-9-7-10-21(18-20)31-2/h3-13,18H,14-17H2,1-2H3,(H,27,30). The van der Waals surface area contributed by atoms with Crippen molar-refractivity contribution in [3.63, 3.8) is 0 Å². The fourth-order valence-electron chi connectivity index (χ4n) is 3.69. The lowest BCUT2D eigenvalue weighted by Crippen LogP contribution is -2.26. The Hall–Kier alpha value is -3.80. The number of benzene rings is 3. The Morgan fingerprint density at radius 2 is 1.84 bits per heavy atom. The van der Waals surface area contributed by atoms with Gasteiger partial charge in [0, 0.05) is 18.5 Å². The first-order chi connectivity index (χ1) is 15.7. The zero-order valence-electron chi connectivity index (χ0n) is 18.4. The van der Waals surface area contributed by atoms with Crippen molar-refractivity contribution in [3.05, 3.63) is 89.7 Å². The van der Waals surface area contributed by atoms with Gasteiger partial charge in [0.05, 0.1) is 24.7 Å². The van der Waals surface area contributed by atoms with Crippen molar-refractivity contribution in [2.24, 2.45) is 0 Å². The first-order valence-electron chi connectivity index (χ1n) is 10.7. The van der Waals surface area contributed by atoms with E-state index >= 15 is 0 Å². The van der Waals surface area contributed by atoms with E-state index in [1.165, 1.54) is 0 Å². The summed E-state index contributed by atoms with van der Waals surface area (Å²) in [6.07, 6.45) is 0.620. The molecule has 0 spiro atoms. The number of hydrogen-bond donors (Lipinski definition) is 1. The summed E-state index contributed by atoms with van der Waals surface area (Å²) in [7, 11) is 1.59. The molecule has 0 saturated heterocycles. The summed E-state index contributed by atoms with van der Waals surface area (Å²) in [5.41, 5.74) is 3.69. The molecule has 4 rings (SSSR count). The Labute approximate surface area is 187 Å². The van der Waals surface area contributed by atoms with Gasteiger partial charge < -0.3 is 19.4 Å². The Balaban J connectivity index is 1.42. The van der Waals surface area contributed by atoms with Crippen molar-refractivity contribution in [1.82, 2.24) is 14.9 Å². The van der Waals surface area contributed by atoms with Crippen LogP contribution in [0.15, 0.2) is 72.8 Å². The molecule has 164 valence electrons. The van der Waals surface area contributed by atoms with E-state index in [0.29, 0.717) is 37.4 Å². The molecular formula is C26H27N3O3. The average molecular weight is 430 g/mol. The Morgan fingerprint density at radius 3 is 2.69 bits per heavy atom. The molecule has 0 aliphatic heterocycles. The second-order valence-electron chi connectivity index (χ2n) is 7.52. The van der Waals surface area contributed by atoms with Gasteiger partial charge in [-0.2, -0.15) is 0 Å². The Morgan fingerprint density at radius 1 is 1.03 bits per heavy atom. The molecule has 3 aromatic carbocycles. The van der Waals surface area contributed by atoms with Crippen LogP contribution < -0.4 is 14.8 Å². The number of fused-ring (bicyclic) bond motifs is 1. The second-order valence-corrected chi connectivity index (χ2v) is 7.52. The molecule has 0 fully saturated rings. The fraction of sp³-hybridized carbons (Fsp3) is 0.231. The van der Waals surface area contributed by atoms with Gasteiger partial charge >= 0.3 is 0 Å². The van der Waals surface area contributed by atoms with E-state index in [1.54, 1.807) is 19.2 Å². The lowest BCUT2D eigenvalue weighted by molar-refractivity contribution is 0.0953. The molecule has 1 N–H and O–H groups in total. The van der Waals surface area contributed by atoms with Gasteiger partial charge in [-0.3, -0.25) is 4.79 Å². The summed E-state index contributed by atoms with van der Waals surface area (Å²) in [5, 5.41) is 2.98. The quantitative estimate of drug-likeness (QED) is 0.428. The van der Waals surface area contributed by atoms with Crippen LogP contribution >= 0.6 is 0 Å². The maximum atomic E-state index is 12.5. The molecule has 0 aliphatic rings. The van der Waals surface area contributed by atoms with E-state index < -0.39 is 0 Å². The van der Waals surface area contributed by atoms with E-state index in [0.717, 1.165) is 28.2 Å². The number of aryl methyl sites for hydroxylation is 1. The van der Waals surface area contributed by atoms with Crippen molar-refractivity contribution in [2.75, 3.05) is 20.3 Å². The van der Waals surface area contributed by atoms with Crippen LogP contribution in [-0.2, 0) is 13.0 Å². The van der Waals surface area contributed by atoms with E-state index in [2.05, 4.69) is 16.0 Å². The van der Waals surface area contributed by atoms with Gasteiger partial charge in [-0.05, 0) is 48.9 Å². The normalized spacial score (nSPS) is 10.8. The number of nitrogens with zero attached hydrogens (tertiary/aromatic N) is 2. The molecule has 0 saturated carbocycles. The number of imidazole rings is 1. The first-order valence-corrected chi connectivity index (χ1v) is 10.7. The van der Waals surface area contributed by atoms with Crippen LogP contribution in [0.1, 0.15) is 21.7 Å². The molecule has 1 aromatic heterocycles. The number of para-hydroxylation sites is 3. The van der Waals surface area contributed by atoms with Gasteiger partial charge in [-0.25, -0.2) is 4.98 Å². The molecule has 1 heterocycles. The van der Waals surface area contributed by atoms with Gasteiger partial charge in [-0.1, -0.05) is 36.4 Å². The summed E-state index contributed by atoms with van der Waals surface area (Å²) in [6, 6.07) is 23.2. The molecule has 6 heteroatoms. The number of nitrogens with one attached hydrogen (secondary N) is 1. The monoisotopic (exact) mass is 429 g/mol. The third-order valence-corrected chi connectivity index (χ3v) is 5.37. The molecular weight excluding hydrogens is 402 g/mol. The number of carbonyl (C=O) groups is 1. The van der Waals surface area contributed by atoms with Crippen molar-refractivity contribution >= 4 is 16.9 Å². The lowest BCUT2D eigenvalue weighted by Gasteiger charge is -2.12. The van der Waals surface area contributed by atoms with Gasteiger partial charge in [0.1, 0.15) is 23.9 Å². The SMILES string of the molecule is COc1cccc(C(=O)NCCc2nc3ccccc3n2CCOc2ccccc2C)c1. The average Bonchev–Trinajstić information content (AvgIpc) is 3.17. The van der Waals surface area contributed by atoms with Crippen LogP contribution in [0.2, 0.25) is 0 Å². The van der Waals surface area contributed by atoms with Gasteiger partial charge in [-0.15, -0.1) is 0 Å². The molecule has 6 nitrogen and oxygen atoms in total. The van der Waals surface area contributed by atoms with Crippen molar-refractivity contribution < 1.29 is 14.3 Å². The summed E-state index contributed by atoms with van der Waals surface area (Å²) in [4.78, 5) is 17.3. The maximum Gasteiger partial charge on any atom is 0.251 e. The van der Waals surface area contributed by atoms with Crippen LogP contribution in [0.5, 0.6) is 11.5 Å². The van der Waals surface area contributed by atoms with Gasteiger partial charge in [0.25, 0.3) is 5.91 Å². The summed E-state index contributed by atoms with van der Waals surface area (Å²) < 4.78 is 13.4. The van der Waals surface area contributed by atoms with Crippen LogP contribution in [0.3, 0.4) is 0 Å². The summed E-state index contributed by atoms with van der Waals surface area (Å²) in [5.74, 6) is 2.34. The highest BCUT2D eigenvalue weighted by Gasteiger charge is 2.12. The number of hydrogen-bond acceptors (Lipinski definition) is 4. The predicted octanol–water partition coefficient (Wildman–Crippen LogP) is 4.40. The molecule has 0 unspecified atom stereocenters. The Bertz CT molecular complexity index is 1220. The highest BCUT2D eigenvalue weighted by Crippen LogP contribution is 2.19. The van der Waals surface area contributed by atoms with E-state index in [-0.39, 0.29) is 5.91 Å². The maximum absolute atomic E-state index is 12.5. The smallest absolute Gasteiger partial charge is 0.251 e. The van der Waals surface area contributed by atoms with Crippen molar-refractivity contribution in [1.29, 1.82) is 0 Å². The minimum Gasteiger partial charge on any atom is -0.497 e. The first kappa shape index (κ1) is 21.4. The third kappa shape index (κ3) is 4.91. The topological polar surface area (TPSA) is 65.4 Å².